The molecule has 1 aromatic carbocycles. The zero-order valence-corrected chi connectivity index (χ0v) is 13.3. The molecule has 1 heterocycles. The van der Waals surface area contributed by atoms with Crippen LogP contribution in [0.2, 0.25) is 0 Å². The van der Waals surface area contributed by atoms with Gasteiger partial charge >= 0.3 is 0 Å². The number of carbonyl (C=O) groups excluding carboxylic acids is 3. The third kappa shape index (κ3) is 3.18. The van der Waals surface area contributed by atoms with Crippen LogP contribution in [0.5, 0.6) is 0 Å². The first-order valence-corrected chi connectivity index (χ1v) is 7.07. The van der Waals surface area contributed by atoms with Crippen molar-refractivity contribution in [2.24, 2.45) is 11.5 Å². The van der Waals surface area contributed by atoms with Crippen LogP contribution in [0.3, 0.4) is 0 Å². The molecule has 23 heavy (non-hydrogen) atoms. The van der Waals surface area contributed by atoms with E-state index in [0.717, 1.165) is 21.4 Å². The van der Waals surface area contributed by atoms with Gasteiger partial charge in [0.05, 0.1) is 0 Å². The van der Waals surface area contributed by atoms with Crippen LogP contribution < -0.4 is 11.5 Å². The lowest BCUT2D eigenvalue weighted by Crippen LogP contribution is -2.43. The quantitative estimate of drug-likeness (QED) is 0.846. The number of nitrogens with zero attached hydrogens (tertiary/aromatic N) is 1. The van der Waals surface area contributed by atoms with E-state index in [9.17, 15) is 14.4 Å². The van der Waals surface area contributed by atoms with E-state index in [2.05, 4.69) is 0 Å². The first-order chi connectivity index (χ1) is 10.7. The number of nitrogens with two attached hydrogens (primary N) is 2. The Kier molecular flexibility index (Phi) is 4.40. The summed E-state index contributed by atoms with van der Waals surface area (Å²) in [4.78, 5) is 35.9. The fourth-order valence-electron chi connectivity index (χ4n) is 2.60. The van der Waals surface area contributed by atoms with Gasteiger partial charge in [0.15, 0.2) is 5.76 Å². The van der Waals surface area contributed by atoms with Crippen molar-refractivity contribution >= 4 is 28.7 Å². The van der Waals surface area contributed by atoms with Crippen LogP contribution in [-0.4, -0.2) is 35.7 Å². The molecule has 7 heteroatoms. The minimum atomic E-state index is -0.735. The zero-order valence-electron chi connectivity index (χ0n) is 13.3. The van der Waals surface area contributed by atoms with Gasteiger partial charge in [-0.1, -0.05) is 12.1 Å². The van der Waals surface area contributed by atoms with Crippen molar-refractivity contribution in [2.75, 3.05) is 13.1 Å². The number of furan rings is 1. The van der Waals surface area contributed by atoms with Crippen LogP contribution in [0.25, 0.3) is 11.0 Å². The second-order valence-electron chi connectivity index (χ2n) is 5.55. The minimum Gasteiger partial charge on any atom is -0.450 e. The van der Waals surface area contributed by atoms with Gasteiger partial charge in [0, 0.05) is 10.9 Å². The molecule has 0 aliphatic rings. The molecule has 0 saturated heterocycles. The maximum atomic E-state index is 12.6. The summed E-state index contributed by atoms with van der Waals surface area (Å²) >= 11 is 0. The van der Waals surface area contributed by atoms with Crippen LogP contribution in [0.1, 0.15) is 27.2 Å². The molecule has 0 fully saturated rings. The van der Waals surface area contributed by atoms with Crippen LogP contribution in [0, 0.1) is 20.8 Å². The first-order valence-electron chi connectivity index (χ1n) is 7.07. The maximum absolute atomic E-state index is 12.6. The average molecular weight is 317 g/mol. The fraction of sp³-hybridized carbons (Fsp3) is 0.312. The molecular formula is C16H19N3O4. The Balaban J connectivity index is 2.53. The molecule has 0 aliphatic carbocycles. The van der Waals surface area contributed by atoms with Crippen LogP contribution >= 0.6 is 0 Å². The van der Waals surface area contributed by atoms with Crippen molar-refractivity contribution < 1.29 is 18.8 Å². The van der Waals surface area contributed by atoms with Crippen molar-refractivity contribution in [1.29, 1.82) is 0 Å². The molecule has 0 unspecified atom stereocenters. The highest BCUT2D eigenvalue weighted by atomic mass is 16.3. The van der Waals surface area contributed by atoms with E-state index in [4.69, 9.17) is 15.9 Å². The molecule has 0 aliphatic heterocycles. The Morgan fingerprint density at radius 1 is 1.00 bits per heavy atom. The smallest absolute Gasteiger partial charge is 0.290 e. The number of hydrogen-bond acceptors (Lipinski definition) is 4. The molecule has 1 aromatic heterocycles. The molecule has 4 N–H and O–H groups in total. The number of aryl methyl sites for hydroxylation is 3. The molecule has 0 saturated carbocycles. The summed E-state index contributed by atoms with van der Waals surface area (Å²) in [5.41, 5.74) is 13.4. The fourth-order valence-corrected chi connectivity index (χ4v) is 2.60. The number of fused-ring (bicyclic) bond motifs is 1. The molecule has 122 valence electrons. The highest BCUT2D eigenvalue weighted by molar-refractivity contribution is 6.02. The molecule has 0 spiro atoms. The normalized spacial score (nSPS) is 10.7. The average Bonchev–Trinajstić information content (AvgIpc) is 2.79. The largest absolute Gasteiger partial charge is 0.450 e. The molecule has 7 nitrogen and oxygen atoms in total. The SMILES string of the molecule is Cc1ccc(C)c2c(C)c(C(=O)N(CC(N)=O)CC(N)=O)oc12. The number of hydrogen-bond donors (Lipinski definition) is 2. The number of rotatable bonds is 5. The van der Waals surface area contributed by atoms with E-state index in [0.29, 0.717) is 11.1 Å². The van der Waals surface area contributed by atoms with Gasteiger partial charge < -0.3 is 20.8 Å². The van der Waals surface area contributed by atoms with Gasteiger partial charge in [-0.3, -0.25) is 14.4 Å². The van der Waals surface area contributed by atoms with Crippen LogP contribution in [0.4, 0.5) is 0 Å². The minimum absolute atomic E-state index is 0.0832. The van der Waals surface area contributed by atoms with Crippen molar-refractivity contribution in [1.82, 2.24) is 4.90 Å². The molecule has 2 aromatic rings. The summed E-state index contributed by atoms with van der Waals surface area (Å²) in [7, 11) is 0. The van der Waals surface area contributed by atoms with Gasteiger partial charge in [-0.2, -0.15) is 0 Å². The van der Waals surface area contributed by atoms with Crippen molar-refractivity contribution in [3.8, 4) is 0 Å². The Labute approximate surface area is 133 Å². The van der Waals surface area contributed by atoms with Gasteiger partial charge in [0.25, 0.3) is 5.91 Å². The standard InChI is InChI=1S/C16H19N3O4/c1-8-4-5-9(2)14-13(8)10(3)15(23-14)16(22)19(6-11(17)20)7-12(18)21/h4-5H,6-7H2,1-3H3,(H2,17,20)(H2,18,21). The lowest BCUT2D eigenvalue weighted by molar-refractivity contribution is -0.121. The topological polar surface area (TPSA) is 120 Å². The third-order valence-electron chi connectivity index (χ3n) is 3.66. The second-order valence-corrected chi connectivity index (χ2v) is 5.55. The Morgan fingerprint density at radius 2 is 1.52 bits per heavy atom. The Hall–Kier alpha value is -2.83. The van der Waals surface area contributed by atoms with E-state index < -0.39 is 30.8 Å². The Morgan fingerprint density at radius 3 is 2.00 bits per heavy atom. The summed E-state index contributed by atoms with van der Waals surface area (Å²) < 4.78 is 5.72. The van der Waals surface area contributed by atoms with Gasteiger partial charge in [0.2, 0.25) is 11.8 Å². The van der Waals surface area contributed by atoms with Crippen molar-refractivity contribution in [2.45, 2.75) is 20.8 Å². The van der Waals surface area contributed by atoms with Gasteiger partial charge in [-0.15, -0.1) is 0 Å². The highest BCUT2D eigenvalue weighted by Gasteiger charge is 2.26. The lowest BCUT2D eigenvalue weighted by atomic mass is 10.0. The Bertz CT molecular complexity index is 791. The summed E-state index contributed by atoms with van der Waals surface area (Å²) in [5.74, 6) is -1.98. The molecule has 2 rings (SSSR count). The predicted octanol–water partition coefficient (Wildman–Crippen LogP) is 0.771. The summed E-state index contributed by atoms with van der Waals surface area (Å²) in [5, 5.41) is 0.853. The molecule has 0 bridgehead atoms. The van der Waals surface area contributed by atoms with E-state index in [1.807, 2.05) is 26.0 Å². The summed E-state index contributed by atoms with van der Waals surface area (Å²) in [6, 6.07) is 3.85. The number of primary amides is 2. The second kappa shape index (κ2) is 6.12. The summed E-state index contributed by atoms with van der Waals surface area (Å²) in [6.45, 7) is 4.75. The van der Waals surface area contributed by atoms with E-state index in [1.54, 1.807) is 6.92 Å². The molecule has 0 radical (unpaired) electrons. The van der Waals surface area contributed by atoms with Crippen LogP contribution in [0.15, 0.2) is 16.5 Å². The van der Waals surface area contributed by atoms with Gasteiger partial charge in [0.1, 0.15) is 18.7 Å². The number of amides is 3. The van der Waals surface area contributed by atoms with E-state index in [1.165, 1.54) is 0 Å². The number of carbonyl (C=O) groups is 3. The van der Waals surface area contributed by atoms with Crippen LogP contribution in [-0.2, 0) is 9.59 Å². The van der Waals surface area contributed by atoms with Crippen molar-refractivity contribution in [3.05, 3.63) is 34.6 Å². The molecular weight excluding hydrogens is 298 g/mol. The number of benzene rings is 1. The summed E-state index contributed by atoms with van der Waals surface area (Å²) in [6.07, 6.45) is 0. The monoisotopic (exact) mass is 317 g/mol. The molecule has 0 atom stereocenters. The first kappa shape index (κ1) is 16.5. The maximum Gasteiger partial charge on any atom is 0.290 e. The van der Waals surface area contributed by atoms with Gasteiger partial charge in [-0.05, 0) is 31.9 Å². The van der Waals surface area contributed by atoms with E-state index in [-0.39, 0.29) is 5.76 Å². The van der Waals surface area contributed by atoms with Gasteiger partial charge in [-0.25, -0.2) is 0 Å². The van der Waals surface area contributed by atoms with E-state index >= 15 is 0 Å². The molecule has 3 amide bonds. The highest BCUT2D eigenvalue weighted by Crippen LogP contribution is 2.31. The predicted molar refractivity (Wildman–Crippen MR) is 84.7 cm³/mol. The zero-order chi connectivity index (χ0) is 17.3. The van der Waals surface area contributed by atoms with Crippen molar-refractivity contribution in [3.63, 3.8) is 0 Å². The third-order valence-corrected chi connectivity index (χ3v) is 3.66. The lowest BCUT2D eigenvalue weighted by Gasteiger charge is -2.18.